The summed E-state index contributed by atoms with van der Waals surface area (Å²) in [6, 6.07) is 1.52. The zero-order valence-electron chi connectivity index (χ0n) is 12.3. The Bertz CT molecular complexity index is 1010. The summed E-state index contributed by atoms with van der Waals surface area (Å²) in [5.74, 6) is 0. The van der Waals surface area contributed by atoms with Gasteiger partial charge in [0.2, 0.25) is 0 Å². The molecule has 3 aromatic rings. The molecular weight excluding hydrogens is 265 g/mol. The van der Waals surface area contributed by atoms with Crippen molar-refractivity contribution >= 4 is 141 Å². The largest absolute Gasteiger partial charge is 0.114 e. The lowest BCUT2D eigenvalue weighted by molar-refractivity contribution is 2.02. The molecule has 0 atom stereocenters. The van der Waals surface area contributed by atoms with Gasteiger partial charge < -0.3 is 0 Å². The van der Waals surface area contributed by atoms with E-state index < -0.39 is 0 Å². The summed E-state index contributed by atoms with van der Waals surface area (Å²) in [6.07, 6.45) is 0. The Hall–Kier alpha value is -1.24. The number of fused-ring (bicyclic) bond motifs is 3. The Kier molecular flexibility index (Phi) is 3.90. The highest BCUT2D eigenvalue weighted by Gasteiger charge is 2.17. The molecule has 3 rings (SSSR count). The van der Waals surface area contributed by atoms with Crippen molar-refractivity contribution in [3.05, 3.63) is 6.07 Å². The van der Waals surface area contributed by atoms with E-state index in [1.165, 1.54) is 6.07 Å². The molecule has 0 saturated carbocycles. The fraction of sp³-hybridized carbons (Fsp3) is 0. The van der Waals surface area contributed by atoms with Crippen LogP contribution in [0.15, 0.2) is 6.07 Å². The van der Waals surface area contributed by atoms with Crippen molar-refractivity contribution < 1.29 is 0 Å². The first-order valence-corrected chi connectivity index (χ1v) is 6.68. The van der Waals surface area contributed by atoms with Gasteiger partial charge in [-0.05, 0) is 21.5 Å². The summed E-state index contributed by atoms with van der Waals surface area (Å²) >= 11 is 0. The van der Waals surface area contributed by atoms with Gasteiger partial charge in [-0.1, -0.05) is 38.8 Å². The highest BCUT2D eigenvalue weighted by atomic mass is 14.1. The molecule has 18 radical (unpaired) electrons. The second-order valence-electron chi connectivity index (χ2n) is 5.45. The fourth-order valence-electron chi connectivity index (χ4n) is 2.93. The molecule has 84 valence electrons. The van der Waals surface area contributed by atoms with E-state index in [2.05, 4.69) is 0 Å². The SMILES string of the molecule is [B]c1cc([B])c2c(c1[B])c([B])c([B])c1c([B])c([B])c([B])c([B])c12. The van der Waals surface area contributed by atoms with Crippen molar-refractivity contribution in [2.75, 3.05) is 0 Å². The molecule has 0 amide bonds. The Morgan fingerprint density at radius 3 is 1.26 bits per heavy atom. The molecule has 0 aliphatic rings. The van der Waals surface area contributed by atoms with E-state index in [9.17, 15) is 0 Å². The summed E-state index contributed by atoms with van der Waals surface area (Å²) in [5, 5.41) is 1.77. The lowest BCUT2D eigenvalue weighted by atomic mass is 9.59. The molecule has 0 aliphatic heterocycles. The van der Waals surface area contributed by atoms with Gasteiger partial charge in [0, 0.05) is 0 Å². The first-order valence-electron chi connectivity index (χ1n) is 6.68. The topological polar surface area (TPSA) is 0 Å². The van der Waals surface area contributed by atoms with Crippen LogP contribution in [0.4, 0.5) is 0 Å². The van der Waals surface area contributed by atoms with Crippen molar-refractivity contribution in [2.24, 2.45) is 0 Å². The third-order valence-corrected chi connectivity index (χ3v) is 4.17. The van der Waals surface area contributed by atoms with Crippen LogP contribution < -0.4 is 49.2 Å². The third kappa shape index (κ3) is 2.12. The number of hydrogen-bond donors (Lipinski definition) is 0. The maximum Gasteiger partial charge on any atom is 0.114 e. The molecule has 0 heterocycles. The summed E-state index contributed by atoms with van der Waals surface area (Å²) in [4.78, 5) is 0. The zero-order valence-corrected chi connectivity index (χ0v) is 12.3. The van der Waals surface area contributed by atoms with Crippen molar-refractivity contribution in [3.63, 3.8) is 0 Å². The molecule has 0 aliphatic carbocycles. The highest BCUT2D eigenvalue weighted by Crippen LogP contribution is 2.15. The van der Waals surface area contributed by atoms with Crippen LogP contribution in [0.5, 0.6) is 0 Å². The van der Waals surface area contributed by atoms with Gasteiger partial charge >= 0.3 is 0 Å². The summed E-state index contributed by atoms with van der Waals surface area (Å²) < 4.78 is 0. The molecule has 0 fully saturated rings. The average Bonchev–Trinajstić information content (AvgIpc) is 2.50. The summed E-state index contributed by atoms with van der Waals surface area (Å²) in [6.45, 7) is 0. The van der Waals surface area contributed by atoms with Crippen LogP contribution in [0.3, 0.4) is 0 Å². The molecule has 0 aromatic heterocycles. The van der Waals surface area contributed by atoms with Crippen LogP contribution >= 0.6 is 0 Å². The molecule has 9 heteroatoms. The van der Waals surface area contributed by atoms with Crippen molar-refractivity contribution in [1.82, 2.24) is 0 Å². The Labute approximate surface area is 147 Å². The summed E-state index contributed by atoms with van der Waals surface area (Å²) in [7, 11) is 54.4. The molecule has 0 unspecified atom stereocenters. The normalized spacial score (nSPS) is 11.3. The van der Waals surface area contributed by atoms with Gasteiger partial charge in [0.1, 0.15) is 70.6 Å². The van der Waals surface area contributed by atoms with Crippen LogP contribution in [0.1, 0.15) is 0 Å². The molecule has 0 nitrogen and oxygen atoms in total. The number of benzene rings is 3. The monoisotopic (exact) mass is 268 g/mol. The van der Waals surface area contributed by atoms with Gasteiger partial charge in [-0.25, -0.2) is 0 Å². The van der Waals surface area contributed by atoms with E-state index >= 15 is 0 Å². The van der Waals surface area contributed by atoms with Crippen molar-refractivity contribution in [1.29, 1.82) is 0 Å². The summed E-state index contributed by atoms with van der Waals surface area (Å²) in [5.41, 5.74) is 1.96. The van der Waals surface area contributed by atoms with Crippen LogP contribution in [0.2, 0.25) is 0 Å². The standard InChI is InChI=1S/C14HB9/c15-2-1-3(16)8(17)6-4(2)5-7(11(20)10(6)19)12(21)14(23)13(22)9(5)18/h1H. The third-order valence-electron chi connectivity index (χ3n) is 4.17. The molecule has 0 saturated heterocycles. The van der Waals surface area contributed by atoms with E-state index in [1.807, 2.05) is 0 Å². The second-order valence-corrected chi connectivity index (χ2v) is 5.45. The van der Waals surface area contributed by atoms with Crippen LogP contribution in [0, 0.1) is 0 Å². The lowest BCUT2D eigenvalue weighted by Gasteiger charge is -2.25. The Morgan fingerprint density at radius 2 is 0.739 bits per heavy atom. The number of rotatable bonds is 0. The Morgan fingerprint density at radius 1 is 0.348 bits per heavy atom. The highest BCUT2D eigenvalue weighted by molar-refractivity contribution is 6.73. The van der Waals surface area contributed by atoms with E-state index in [-0.39, 0.29) is 43.7 Å². The van der Waals surface area contributed by atoms with Gasteiger partial charge in [-0.15, -0.1) is 16.4 Å². The quantitative estimate of drug-likeness (QED) is 0.280. The van der Waals surface area contributed by atoms with Crippen molar-refractivity contribution in [2.45, 2.75) is 0 Å². The Balaban J connectivity index is 2.84. The van der Waals surface area contributed by atoms with Crippen molar-refractivity contribution in [3.8, 4) is 0 Å². The molecule has 0 bridgehead atoms. The minimum atomic E-state index is 0.141. The van der Waals surface area contributed by atoms with E-state index in [0.717, 1.165) is 0 Å². The van der Waals surface area contributed by atoms with E-state index in [1.54, 1.807) is 0 Å². The van der Waals surface area contributed by atoms with Gasteiger partial charge in [0.25, 0.3) is 0 Å². The maximum atomic E-state index is 6.15. The molecule has 0 spiro atoms. The number of hydrogen-bond acceptors (Lipinski definition) is 0. The second kappa shape index (κ2) is 5.40. The predicted octanol–water partition coefficient (Wildman–Crippen LogP) is -6.86. The van der Waals surface area contributed by atoms with Crippen LogP contribution in [0.25, 0.3) is 21.5 Å². The van der Waals surface area contributed by atoms with Gasteiger partial charge in [-0.3, -0.25) is 0 Å². The van der Waals surface area contributed by atoms with E-state index in [4.69, 9.17) is 70.6 Å². The first-order chi connectivity index (χ1) is 10.7. The molecule has 3 aromatic carbocycles. The molecular formula is C14HB9. The average molecular weight is 266 g/mol. The minimum absolute atomic E-state index is 0.141. The van der Waals surface area contributed by atoms with Crippen LogP contribution in [-0.2, 0) is 0 Å². The van der Waals surface area contributed by atoms with Crippen LogP contribution in [-0.4, -0.2) is 70.6 Å². The lowest BCUT2D eigenvalue weighted by Crippen LogP contribution is -2.51. The smallest absolute Gasteiger partial charge is 0.110 e. The first kappa shape index (κ1) is 16.6. The predicted molar refractivity (Wildman–Crippen MR) is 110 cm³/mol. The fourth-order valence-corrected chi connectivity index (χ4v) is 2.93. The molecule has 23 heavy (non-hydrogen) atoms. The van der Waals surface area contributed by atoms with E-state index in [0.29, 0.717) is 27.0 Å². The molecule has 0 N–H and O–H groups in total. The van der Waals surface area contributed by atoms with Gasteiger partial charge in [0.15, 0.2) is 0 Å². The van der Waals surface area contributed by atoms with Gasteiger partial charge in [0.05, 0.1) is 0 Å². The maximum absolute atomic E-state index is 6.15. The minimum Gasteiger partial charge on any atom is -0.110 e. The zero-order chi connectivity index (χ0) is 17.2. The van der Waals surface area contributed by atoms with Gasteiger partial charge in [-0.2, -0.15) is 0 Å².